The number of nitrogens with one attached hydrogen (secondary N) is 1. The molecule has 0 aromatic heterocycles. The van der Waals surface area contributed by atoms with E-state index in [0.29, 0.717) is 12.5 Å². The Bertz CT molecular complexity index is 348. The monoisotopic (exact) mass is 266 g/mol. The van der Waals surface area contributed by atoms with E-state index < -0.39 is 5.54 Å². The first-order chi connectivity index (χ1) is 9.07. The summed E-state index contributed by atoms with van der Waals surface area (Å²) < 4.78 is 0. The van der Waals surface area contributed by atoms with E-state index in [2.05, 4.69) is 5.32 Å². The van der Waals surface area contributed by atoms with Crippen molar-refractivity contribution in [3.63, 3.8) is 0 Å². The zero-order valence-corrected chi connectivity index (χ0v) is 12.2. The van der Waals surface area contributed by atoms with Gasteiger partial charge in [0.2, 0.25) is 0 Å². The van der Waals surface area contributed by atoms with Gasteiger partial charge >= 0.3 is 6.03 Å². The molecule has 4 heteroatoms. The topological polar surface area (TPSA) is 49.4 Å². The molecule has 1 atom stereocenters. The van der Waals surface area contributed by atoms with E-state index in [9.17, 15) is 9.59 Å². The predicted molar refractivity (Wildman–Crippen MR) is 74.7 cm³/mol. The van der Waals surface area contributed by atoms with E-state index >= 15 is 0 Å². The van der Waals surface area contributed by atoms with Gasteiger partial charge in [-0.15, -0.1) is 0 Å². The second-order valence-electron chi connectivity index (χ2n) is 6.29. The van der Waals surface area contributed by atoms with Crippen LogP contribution in [0.5, 0.6) is 0 Å². The normalized spacial score (nSPS) is 29.5. The van der Waals surface area contributed by atoms with Gasteiger partial charge in [0.05, 0.1) is 0 Å². The van der Waals surface area contributed by atoms with Crippen molar-refractivity contribution in [1.82, 2.24) is 10.2 Å². The average Bonchev–Trinajstić information content (AvgIpc) is 2.57. The Hall–Kier alpha value is -1.06. The van der Waals surface area contributed by atoms with Crippen LogP contribution in [0.1, 0.15) is 65.2 Å². The van der Waals surface area contributed by atoms with E-state index in [4.69, 9.17) is 0 Å². The second kappa shape index (κ2) is 5.93. The van der Waals surface area contributed by atoms with Gasteiger partial charge in [-0.3, -0.25) is 9.69 Å². The van der Waals surface area contributed by atoms with E-state index in [1.165, 1.54) is 30.6 Å². The Morgan fingerprint density at radius 1 is 1.21 bits per heavy atom. The van der Waals surface area contributed by atoms with Crippen molar-refractivity contribution in [2.24, 2.45) is 5.92 Å². The van der Waals surface area contributed by atoms with Gasteiger partial charge in [0.15, 0.2) is 0 Å². The van der Waals surface area contributed by atoms with Gasteiger partial charge in [0, 0.05) is 6.54 Å². The summed E-state index contributed by atoms with van der Waals surface area (Å²) >= 11 is 0. The zero-order valence-electron chi connectivity index (χ0n) is 12.2. The van der Waals surface area contributed by atoms with E-state index in [-0.39, 0.29) is 11.9 Å². The molecule has 2 rings (SSSR count). The molecule has 1 saturated heterocycles. The number of carbonyl (C=O) groups is 2. The molecule has 0 aromatic rings. The lowest BCUT2D eigenvalue weighted by molar-refractivity contribution is -0.131. The summed E-state index contributed by atoms with van der Waals surface area (Å²) in [5.41, 5.74) is -0.670. The summed E-state index contributed by atoms with van der Waals surface area (Å²) in [6.45, 7) is 4.51. The van der Waals surface area contributed by atoms with Crippen molar-refractivity contribution in [3.8, 4) is 0 Å². The third-order valence-corrected chi connectivity index (χ3v) is 4.51. The standard InChI is InChI=1S/C15H26N2O2/c1-3-10-15(2)13(18)17(14(19)16-15)11-12-8-6-4-5-7-9-12/h12H,3-11H2,1-2H3,(H,16,19)/t15-/m1/s1. The first kappa shape index (κ1) is 14.4. The van der Waals surface area contributed by atoms with Gasteiger partial charge in [-0.1, -0.05) is 39.0 Å². The Kier molecular flexibility index (Phi) is 4.48. The maximum atomic E-state index is 12.4. The number of urea groups is 1. The molecule has 19 heavy (non-hydrogen) atoms. The Morgan fingerprint density at radius 2 is 1.84 bits per heavy atom. The molecule has 2 aliphatic rings. The number of carbonyl (C=O) groups excluding carboxylic acids is 2. The molecule has 0 aromatic carbocycles. The smallest absolute Gasteiger partial charge is 0.323 e. The van der Waals surface area contributed by atoms with E-state index in [0.717, 1.165) is 25.7 Å². The van der Waals surface area contributed by atoms with Crippen LogP contribution in [0.3, 0.4) is 0 Å². The van der Waals surface area contributed by atoms with Crippen LogP contribution in [0.15, 0.2) is 0 Å². The van der Waals surface area contributed by atoms with Crippen LogP contribution in [0.25, 0.3) is 0 Å². The summed E-state index contributed by atoms with van der Waals surface area (Å²) in [6, 6.07) is -0.190. The summed E-state index contributed by atoms with van der Waals surface area (Å²) in [6.07, 6.45) is 9.00. The van der Waals surface area contributed by atoms with Gasteiger partial charge in [0.25, 0.3) is 5.91 Å². The number of nitrogens with zero attached hydrogens (tertiary/aromatic N) is 1. The summed E-state index contributed by atoms with van der Waals surface area (Å²) in [7, 11) is 0. The SMILES string of the molecule is CCC[C@@]1(C)NC(=O)N(CC2CCCCCC2)C1=O. The Balaban J connectivity index is 1.99. The predicted octanol–water partition coefficient (Wildman–Crippen LogP) is 3.07. The van der Waals surface area contributed by atoms with Crippen molar-refractivity contribution in [2.75, 3.05) is 6.54 Å². The molecule has 1 aliphatic carbocycles. The molecule has 0 spiro atoms. The van der Waals surface area contributed by atoms with Crippen molar-refractivity contribution in [1.29, 1.82) is 0 Å². The third-order valence-electron chi connectivity index (χ3n) is 4.51. The second-order valence-corrected chi connectivity index (χ2v) is 6.29. The van der Waals surface area contributed by atoms with E-state index in [1.807, 2.05) is 13.8 Å². The van der Waals surface area contributed by atoms with E-state index in [1.54, 1.807) is 0 Å². The fraction of sp³-hybridized carbons (Fsp3) is 0.867. The molecule has 108 valence electrons. The highest BCUT2D eigenvalue weighted by molar-refractivity contribution is 6.06. The number of amides is 3. The van der Waals surface area contributed by atoms with Crippen LogP contribution in [0, 0.1) is 5.92 Å². The molecule has 1 saturated carbocycles. The molecule has 1 N–H and O–H groups in total. The summed E-state index contributed by atoms with van der Waals surface area (Å²) in [5.74, 6) is 0.477. The minimum Gasteiger partial charge on any atom is -0.323 e. The lowest BCUT2D eigenvalue weighted by Crippen LogP contribution is -2.44. The first-order valence-electron chi connectivity index (χ1n) is 7.71. The van der Waals surface area contributed by atoms with Crippen LogP contribution in [0.2, 0.25) is 0 Å². The Morgan fingerprint density at radius 3 is 2.42 bits per heavy atom. The highest BCUT2D eigenvalue weighted by Crippen LogP contribution is 2.28. The fourth-order valence-electron chi connectivity index (χ4n) is 3.39. The van der Waals surface area contributed by atoms with Gasteiger partial charge < -0.3 is 5.32 Å². The average molecular weight is 266 g/mol. The molecule has 1 aliphatic heterocycles. The van der Waals surface area contributed by atoms with Gasteiger partial charge in [-0.05, 0) is 32.1 Å². The fourth-order valence-corrected chi connectivity index (χ4v) is 3.39. The summed E-state index contributed by atoms with van der Waals surface area (Å²) in [4.78, 5) is 25.9. The molecule has 0 unspecified atom stereocenters. The van der Waals surface area contributed by atoms with Gasteiger partial charge in [-0.2, -0.15) is 0 Å². The van der Waals surface area contributed by atoms with Gasteiger partial charge in [0.1, 0.15) is 5.54 Å². The maximum absolute atomic E-state index is 12.4. The molecule has 0 radical (unpaired) electrons. The third kappa shape index (κ3) is 3.10. The molecule has 2 fully saturated rings. The van der Waals surface area contributed by atoms with Crippen molar-refractivity contribution < 1.29 is 9.59 Å². The van der Waals surface area contributed by atoms with Crippen LogP contribution in [-0.4, -0.2) is 28.9 Å². The van der Waals surface area contributed by atoms with Crippen molar-refractivity contribution >= 4 is 11.9 Å². The van der Waals surface area contributed by atoms with Gasteiger partial charge in [-0.25, -0.2) is 4.79 Å². The minimum absolute atomic E-state index is 0.0244. The van der Waals surface area contributed by atoms with Crippen LogP contribution in [-0.2, 0) is 4.79 Å². The Labute approximate surface area is 115 Å². The lowest BCUT2D eigenvalue weighted by atomic mass is 9.95. The molecular formula is C15H26N2O2. The highest BCUT2D eigenvalue weighted by Gasteiger charge is 2.47. The summed E-state index contributed by atoms with van der Waals surface area (Å²) in [5, 5.41) is 2.87. The molecular weight excluding hydrogens is 240 g/mol. The zero-order chi connectivity index (χ0) is 13.9. The molecule has 3 amide bonds. The molecule has 1 heterocycles. The first-order valence-corrected chi connectivity index (χ1v) is 7.71. The van der Waals surface area contributed by atoms with Crippen LogP contribution < -0.4 is 5.32 Å². The van der Waals surface area contributed by atoms with Crippen LogP contribution in [0.4, 0.5) is 4.79 Å². The molecule has 4 nitrogen and oxygen atoms in total. The number of imide groups is 1. The van der Waals surface area contributed by atoms with Crippen molar-refractivity contribution in [2.45, 2.75) is 70.8 Å². The van der Waals surface area contributed by atoms with Crippen molar-refractivity contribution in [3.05, 3.63) is 0 Å². The highest BCUT2D eigenvalue weighted by atomic mass is 16.2. The van der Waals surface area contributed by atoms with Crippen LogP contribution >= 0.6 is 0 Å². The largest absolute Gasteiger partial charge is 0.325 e. The number of rotatable bonds is 4. The maximum Gasteiger partial charge on any atom is 0.325 e. The molecule has 0 bridgehead atoms. The minimum atomic E-state index is -0.670. The number of hydrogen-bond acceptors (Lipinski definition) is 2. The lowest BCUT2D eigenvalue weighted by Gasteiger charge is -2.23. The number of hydrogen-bond donors (Lipinski definition) is 1. The quantitative estimate of drug-likeness (QED) is 0.628.